The second-order valence-corrected chi connectivity index (χ2v) is 8.34. The number of aliphatic hydroxyl groups excluding tert-OH is 1. The van der Waals surface area contributed by atoms with E-state index in [4.69, 9.17) is 0 Å². The molecule has 1 atom stereocenters. The summed E-state index contributed by atoms with van der Waals surface area (Å²) >= 11 is 0. The number of carbonyl (C=O) groups excluding carboxylic acids is 1. The van der Waals surface area contributed by atoms with Crippen molar-refractivity contribution in [1.82, 2.24) is 10.2 Å². The lowest BCUT2D eigenvalue weighted by Gasteiger charge is -2.42. The minimum atomic E-state index is -0.110. The van der Waals surface area contributed by atoms with Crippen molar-refractivity contribution in [2.24, 2.45) is 0 Å². The summed E-state index contributed by atoms with van der Waals surface area (Å²) in [6.07, 6.45) is 4.40. The largest absolute Gasteiger partial charge is 0.395 e. The Morgan fingerprint density at radius 3 is 2.36 bits per heavy atom. The van der Waals surface area contributed by atoms with Gasteiger partial charge in [-0.1, -0.05) is 48.5 Å². The first-order chi connectivity index (χ1) is 13.6. The molecular formula is C24H30N2O2. The molecule has 2 fully saturated rings. The first-order valence-electron chi connectivity index (χ1n) is 10.4. The van der Waals surface area contributed by atoms with Gasteiger partial charge in [-0.25, -0.2) is 0 Å². The molecule has 2 saturated heterocycles. The van der Waals surface area contributed by atoms with E-state index >= 15 is 0 Å². The van der Waals surface area contributed by atoms with Crippen molar-refractivity contribution in [3.8, 4) is 0 Å². The number of aryl methyl sites for hydroxylation is 2. The number of hydrogen-bond donors (Lipinski definition) is 2. The maximum atomic E-state index is 13.4. The monoisotopic (exact) mass is 378 g/mol. The maximum Gasteiger partial charge on any atom is 0.252 e. The molecule has 4 nitrogen and oxygen atoms in total. The quantitative estimate of drug-likeness (QED) is 0.805. The van der Waals surface area contributed by atoms with E-state index in [1.807, 2.05) is 50.2 Å². The van der Waals surface area contributed by atoms with E-state index in [0.717, 1.165) is 47.9 Å². The van der Waals surface area contributed by atoms with Crippen molar-refractivity contribution in [3.05, 3.63) is 70.8 Å². The highest BCUT2D eigenvalue weighted by atomic mass is 16.3. The Hall–Kier alpha value is -2.17. The van der Waals surface area contributed by atoms with Gasteiger partial charge in [0, 0.05) is 23.7 Å². The Labute approximate surface area is 167 Å². The van der Waals surface area contributed by atoms with Crippen molar-refractivity contribution >= 4 is 5.91 Å². The van der Waals surface area contributed by atoms with Gasteiger partial charge in [-0.05, 0) is 56.2 Å². The zero-order valence-electron chi connectivity index (χ0n) is 16.8. The molecule has 2 aromatic carbocycles. The van der Waals surface area contributed by atoms with Crippen LogP contribution in [0.15, 0.2) is 48.5 Å². The molecule has 1 unspecified atom stereocenters. The molecule has 0 aromatic heterocycles. The topological polar surface area (TPSA) is 52.6 Å². The summed E-state index contributed by atoms with van der Waals surface area (Å²) < 4.78 is 0. The minimum absolute atomic E-state index is 0.00173. The number of fused-ring (bicyclic) bond motifs is 2. The summed E-state index contributed by atoms with van der Waals surface area (Å²) in [5, 5.41) is 13.1. The zero-order chi connectivity index (χ0) is 19.7. The lowest BCUT2D eigenvalue weighted by Crippen LogP contribution is -2.53. The van der Waals surface area contributed by atoms with Crippen LogP contribution in [-0.2, 0) is 0 Å². The number of aliphatic hydroxyl groups is 1. The molecule has 2 bridgehead atoms. The molecule has 0 spiro atoms. The van der Waals surface area contributed by atoms with Gasteiger partial charge < -0.3 is 10.4 Å². The predicted octanol–water partition coefficient (Wildman–Crippen LogP) is 3.76. The molecule has 2 aliphatic rings. The van der Waals surface area contributed by atoms with Gasteiger partial charge in [0.1, 0.15) is 0 Å². The maximum absolute atomic E-state index is 13.4. The number of amides is 1. The molecule has 4 heteroatoms. The Kier molecular flexibility index (Phi) is 5.26. The van der Waals surface area contributed by atoms with Gasteiger partial charge in [-0.3, -0.25) is 9.69 Å². The standard InChI is InChI=1S/C24H30N2O2/c1-17-7-6-8-18(2)21(17)23(28)25-22(19-9-4-3-5-10-19)24-13-11-20(12-14-24)26(24)15-16-27/h3-10,20,22,27H,11-16H2,1-2H3,(H,25,28). The molecule has 0 saturated carbocycles. The summed E-state index contributed by atoms with van der Waals surface area (Å²) in [6, 6.07) is 16.8. The average molecular weight is 379 g/mol. The van der Waals surface area contributed by atoms with E-state index in [9.17, 15) is 9.90 Å². The van der Waals surface area contributed by atoms with E-state index in [0.29, 0.717) is 12.6 Å². The van der Waals surface area contributed by atoms with Crippen molar-refractivity contribution in [2.45, 2.75) is 57.2 Å². The third kappa shape index (κ3) is 3.15. The fourth-order valence-electron chi connectivity index (χ4n) is 5.58. The number of rotatable bonds is 6. The highest BCUT2D eigenvalue weighted by Gasteiger charge is 2.56. The van der Waals surface area contributed by atoms with E-state index in [1.165, 1.54) is 0 Å². The second kappa shape index (κ2) is 7.69. The van der Waals surface area contributed by atoms with Crippen LogP contribution in [0.1, 0.15) is 58.8 Å². The van der Waals surface area contributed by atoms with Crippen LogP contribution in [0.5, 0.6) is 0 Å². The molecule has 2 aromatic rings. The Morgan fingerprint density at radius 1 is 1.11 bits per heavy atom. The van der Waals surface area contributed by atoms with Crippen LogP contribution in [-0.4, -0.2) is 40.6 Å². The summed E-state index contributed by atoms with van der Waals surface area (Å²) in [4.78, 5) is 15.9. The summed E-state index contributed by atoms with van der Waals surface area (Å²) in [5.74, 6) is -0.00173. The third-order valence-corrected chi connectivity index (χ3v) is 6.83. The van der Waals surface area contributed by atoms with Gasteiger partial charge in [-0.15, -0.1) is 0 Å². The van der Waals surface area contributed by atoms with Crippen LogP contribution in [0.3, 0.4) is 0 Å². The Bertz CT molecular complexity index is 821. The Morgan fingerprint density at radius 2 is 1.75 bits per heavy atom. The SMILES string of the molecule is Cc1cccc(C)c1C(=O)NC(c1ccccc1)C12CCC(CC1)N2CCO. The summed E-state index contributed by atoms with van der Waals surface area (Å²) in [7, 11) is 0. The summed E-state index contributed by atoms with van der Waals surface area (Å²) in [5.41, 5.74) is 3.82. The predicted molar refractivity (Wildman–Crippen MR) is 111 cm³/mol. The molecule has 0 radical (unpaired) electrons. The van der Waals surface area contributed by atoms with Gasteiger partial charge in [0.05, 0.1) is 12.6 Å². The van der Waals surface area contributed by atoms with E-state index in [1.54, 1.807) is 0 Å². The third-order valence-electron chi connectivity index (χ3n) is 6.83. The molecule has 2 N–H and O–H groups in total. The number of β-amino-alcohol motifs (C(OH)–C–C–N with tert-alkyl or cyclic N) is 1. The van der Waals surface area contributed by atoms with Crippen LogP contribution in [0.2, 0.25) is 0 Å². The highest BCUT2D eigenvalue weighted by molar-refractivity contribution is 5.97. The number of benzene rings is 2. The van der Waals surface area contributed by atoms with Crippen molar-refractivity contribution in [2.75, 3.05) is 13.2 Å². The van der Waals surface area contributed by atoms with Crippen LogP contribution in [0, 0.1) is 13.8 Å². The van der Waals surface area contributed by atoms with E-state index < -0.39 is 0 Å². The van der Waals surface area contributed by atoms with Gasteiger partial charge in [0.25, 0.3) is 5.91 Å². The van der Waals surface area contributed by atoms with Gasteiger partial charge >= 0.3 is 0 Å². The van der Waals surface area contributed by atoms with Gasteiger partial charge in [-0.2, -0.15) is 0 Å². The molecule has 148 valence electrons. The molecular weight excluding hydrogens is 348 g/mol. The number of nitrogens with one attached hydrogen (secondary N) is 1. The van der Waals surface area contributed by atoms with Gasteiger partial charge in [0.2, 0.25) is 0 Å². The average Bonchev–Trinajstić information content (AvgIpc) is 3.22. The number of nitrogens with zero attached hydrogens (tertiary/aromatic N) is 1. The van der Waals surface area contributed by atoms with Crippen LogP contribution < -0.4 is 5.32 Å². The van der Waals surface area contributed by atoms with E-state index in [2.05, 4.69) is 22.3 Å². The van der Waals surface area contributed by atoms with Crippen molar-refractivity contribution in [1.29, 1.82) is 0 Å². The highest BCUT2D eigenvalue weighted by Crippen LogP contribution is 2.52. The van der Waals surface area contributed by atoms with Crippen molar-refractivity contribution in [3.63, 3.8) is 0 Å². The number of carbonyl (C=O) groups is 1. The fourth-order valence-corrected chi connectivity index (χ4v) is 5.58. The fraction of sp³-hybridized carbons (Fsp3) is 0.458. The molecule has 0 aliphatic carbocycles. The minimum Gasteiger partial charge on any atom is -0.395 e. The summed E-state index contributed by atoms with van der Waals surface area (Å²) in [6.45, 7) is 4.83. The normalized spacial score (nSPS) is 25.0. The molecule has 28 heavy (non-hydrogen) atoms. The lowest BCUT2D eigenvalue weighted by molar-refractivity contribution is 0.0709. The van der Waals surface area contributed by atoms with Crippen LogP contribution in [0.25, 0.3) is 0 Å². The first-order valence-corrected chi connectivity index (χ1v) is 10.4. The Balaban J connectivity index is 1.72. The number of hydrogen-bond acceptors (Lipinski definition) is 3. The van der Waals surface area contributed by atoms with Crippen LogP contribution in [0.4, 0.5) is 0 Å². The van der Waals surface area contributed by atoms with E-state index in [-0.39, 0.29) is 24.1 Å². The molecule has 1 amide bonds. The van der Waals surface area contributed by atoms with Crippen LogP contribution >= 0.6 is 0 Å². The second-order valence-electron chi connectivity index (χ2n) is 8.34. The smallest absolute Gasteiger partial charge is 0.252 e. The molecule has 2 heterocycles. The lowest BCUT2D eigenvalue weighted by atomic mass is 9.78. The molecule has 4 rings (SSSR count). The first kappa shape index (κ1) is 19.2. The molecule has 2 aliphatic heterocycles. The van der Waals surface area contributed by atoms with Gasteiger partial charge in [0.15, 0.2) is 0 Å². The van der Waals surface area contributed by atoms with Crippen molar-refractivity contribution < 1.29 is 9.90 Å². The zero-order valence-corrected chi connectivity index (χ0v) is 16.8.